The second kappa shape index (κ2) is 3.48. The molecule has 1 aromatic heterocycles. The Kier molecular flexibility index (Phi) is 2.57. The van der Waals surface area contributed by atoms with Crippen molar-refractivity contribution in [2.45, 2.75) is 0 Å². The molecule has 0 amide bonds. The Balaban J connectivity index is 3.27. The van der Waals surface area contributed by atoms with Crippen molar-refractivity contribution in [2.75, 3.05) is 5.73 Å². The summed E-state index contributed by atoms with van der Waals surface area (Å²) in [5.41, 5.74) is 5.42. The fourth-order valence-corrected chi connectivity index (χ4v) is 1.06. The Morgan fingerprint density at radius 1 is 1.77 bits per heavy atom. The summed E-state index contributed by atoms with van der Waals surface area (Å²) < 4.78 is -0.0267. The molecule has 13 heavy (non-hydrogen) atoms. The van der Waals surface area contributed by atoms with Gasteiger partial charge in [-0.05, 0) is 15.9 Å². The van der Waals surface area contributed by atoms with Gasteiger partial charge in [0.2, 0.25) is 0 Å². The van der Waals surface area contributed by atoms with E-state index in [1.165, 1.54) is 6.07 Å². The molecule has 1 heterocycles. The number of nitrogens with one attached hydrogen (secondary N) is 1. The lowest BCUT2D eigenvalue weighted by atomic mass is 10.2. The van der Waals surface area contributed by atoms with E-state index < -0.39 is 4.92 Å². The van der Waals surface area contributed by atoms with Gasteiger partial charge in [-0.2, -0.15) is 0 Å². The van der Waals surface area contributed by atoms with E-state index in [0.717, 1.165) is 6.20 Å². The van der Waals surface area contributed by atoms with Crippen LogP contribution in [0.15, 0.2) is 12.3 Å². The Bertz CT molecular complexity index is 379. The van der Waals surface area contributed by atoms with E-state index in [0.29, 0.717) is 0 Å². The van der Waals surface area contributed by atoms with Crippen molar-refractivity contribution in [2.24, 2.45) is 0 Å². The lowest BCUT2D eigenvalue weighted by Gasteiger charge is -1.99. The summed E-state index contributed by atoms with van der Waals surface area (Å²) in [7, 11) is 0. The van der Waals surface area contributed by atoms with Crippen LogP contribution in [0, 0.1) is 15.5 Å². The van der Waals surface area contributed by atoms with Crippen LogP contribution < -0.4 is 5.73 Å². The third kappa shape index (κ3) is 2.00. The van der Waals surface area contributed by atoms with Crippen LogP contribution in [-0.2, 0) is 0 Å². The van der Waals surface area contributed by atoms with Gasteiger partial charge in [-0.3, -0.25) is 15.5 Å². The fraction of sp³-hybridized carbons (Fsp3) is 0. The van der Waals surface area contributed by atoms with Crippen molar-refractivity contribution in [1.82, 2.24) is 4.98 Å². The molecule has 0 fully saturated rings. The van der Waals surface area contributed by atoms with E-state index in [-0.39, 0.29) is 21.7 Å². The van der Waals surface area contributed by atoms with Crippen LogP contribution in [-0.4, -0.2) is 14.5 Å². The van der Waals surface area contributed by atoms with Gasteiger partial charge < -0.3 is 5.73 Å². The maximum Gasteiger partial charge on any atom is 0.288 e. The van der Waals surface area contributed by atoms with Crippen molar-refractivity contribution in [3.63, 3.8) is 0 Å². The summed E-state index contributed by atoms with van der Waals surface area (Å²) in [4.78, 5) is 13.3. The maximum atomic E-state index is 10.3. The zero-order valence-electron chi connectivity index (χ0n) is 6.32. The molecule has 0 aliphatic rings. The van der Waals surface area contributed by atoms with Crippen LogP contribution in [0.1, 0.15) is 5.56 Å². The smallest absolute Gasteiger partial charge is 0.288 e. The van der Waals surface area contributed by atoms with E-state index in [9.17, 15) is 10.1 Å². The molecule has 1 rings (SSSR count). The number of rotatable bonds is 2. The largest absolute Gasteiger partial charge is 0.383 e. The zero-order valence-corrected chi connectivity index (χ0v) is 7.91. The normalized spacial score (nSPS) is 9.62. The molecule has 68 valence electrons. The number of halogens is 1. The average molecular weight is 245 g/mol. The number of nitro groups is 1. The third-order valence-electron chi connectivity index (χ3n) is 1.35. The molecule has 0 aliphatic heterocycles. The molecule has 0 aliphatic carbocycles. The maximum absolute atomic E-state index is 10.3. The first-order valence-corrected chi connectivity index (χ1v) is 3.96. The number of aromatic nitrogens is 1. The van der Waals surface area contributed by atoms with Gasteiger partial charge in [0.25, 0.3) is 5.69 Å². The first-order valence-electron chi connectivity index (χ1n) is 3.16. The quantitative estimate of drug-likeness (QED) is 0.465. The molecular weight excluding hydrogens is 240 g/mol. The number of pyridine rings is 1. The molecule has 0 saturated heterocycles. The summed E-state index contributed by atoms with van der Waals surface area (Å²) >= 11 is 2.86. The number of nitrogens with zero attached hydrogens (tertiary/aromatic N) is 2. The number of hydrogen-bond acceptors (Lipinski definition) is 5. The van der Waals surface area contributed by atoms with Gasteiger partial charge >= 0.3 is 0 Å². The molecule has 3 N–H and O–H groups in total. The van der Waals surface area contributed by atoms with Gasteiger partial charge in [0, 0.05) is 6.07 Å². The lowest BCUT2D eigenvalue weighted by Crippen LogP contribution is -2.01. The van der Waals surface area contributed by atoms with Crippen molar-refractivity contribution in [3.8, 4) is 0 Å². The average Bonchev–Trinajstić information content (AvgIpc) is 2.04. The van der Waals surface area contributed by atoms with E-state index >= 15 is 0 Å². The monoisotopic (exact) mass is 244 g/mol. The molecule has 0 atom stereocenters. The second-order valence-corrected chi connectivity index (χ2v) is 2.99. The minimum Gasteiger partial charge on any atom is -0.383 e. The summed E-state index contributed by atoms with van der Waals surface area (Å²) in [5.74, 6) is 0.0903. The predicted molar refractivity (Wildman–Crippen MR) is 51.1 cm³/mol. The minimum absolute atomic E-state index is 0.0267. The van der Waals surface area contributed by atoms with Crippen LogP contribution in [0.4, 0.5) is 11.5 Å². The van der Waals surface area contributed by atoms with Crippen molar-refractivity contribution < 1.29 is 4.92 Å². The van der Waals surface area contributed by atoms with E-state index in [1.807, 2.05) is 0 Å². The summed E-state index contributed by atoms with van der Waals surface area (Å²) in [6, 6.07) is 1.19. The highest BCUT2D eigenvalue weighted by Gasteiger charge is 2.11. The van der Waals surface area contributed by atoms with Gasteiger partial charge in [-0.25, -0.2) is 4.98 Å². The Morgan fingerprint density at radius 2 is 2.38 bits per heavy atom. The van der Waals surface area contributed by atoms with E-state index in [4.69, 9.17) is 11.1 Å². The molecule has 0 unspecified atom stereocenters. The summed E-state index contributed by atoms with van der Waals surface area (Å²) in [6.07, 6.45) is 1.05. The van der Waals surface area contributed by atoms with E-state index in [2.05, 4.69) is 20.9 Å². The number of nitrogen functional groups attached to an aromatic ring is 1. The predicted octanol–water partition coefficient (Wildman–Crippen LogP) is 1.29. The molecule has 0 bridgehead atoms. The fourth-order valence-electron chi connectivity index (χ4n) is 0.740. The molecule has 0 spiro atoms. The summed E-state index contributed by atoms with van der Waals surface area (Å²) in [6.45, 7) is 0. The molecule has 7 heteroatoms. The number of anilines is 1. The van der Waals surface area contributed by atoms with Gasteiger partial charge in [0.05, 0.1) is 10.5 Å². The molecular formula is C6H5BrN4O2. The van der Waals surface area contributed by atoms with Crippen LogP contribution in [0.2, 0.25) is 0 Å². The second-order valence-electron chi connectivity index (χ2n) is 2.20. The van der Waals surface area contributed by atoms with Crippen LogP contribution in [0.5, 0.6) is 0 Å². The lowest BCUT2D eigenvalue weighted by molar-refractivity contribution is -0.385. The highest BCUT2D eigenvalue weighted by molar-refractivity contribution is 9.18. The highest BCUT2D eigenvalue weighted by atomic mass is 79.9. The first kappa shape index (κ1) is 9.59. The van der Waals surface area contributed by atoms with Gasteiger partial charge in [0.15, 0.2) is 0 Å². The van der Waals surface area contributed by atoms with Crippen molar-refractivity contribution >= 4 is 32.1 Å². The first-order chi connectivity index (χ1) is 6.02. The summed E-state index contributed by atoms with van der Waals surface area (Å²) in [5, 5.41) is 17.5. The van der Waals surface area contributed by atoms with Crippen molar-refractivity contribution in [1.29, 1.82) is 5.41 Å². The van der Waals surface area contributed by atoms with Gasteiger partial charge in [-0.1, -0.05) is 0 Å². The molecule has 6 nitrogen and oxygen atoms in total. The molecule has 0 saturated carbocycles. The third-order valence-corrected chi connectivity index (χ3v) is 1.78. The Hall–Kier alpha value is -1.50. The molecule has 1 aromatic rings. The molecule has 0 aromatic carbocycles. The highest BCUT2D eigenvalue weighted by Crippen LogP contribution is 2.18. The number of hydrogen-bond donors (Lipinski definition) is 2. The van der Waals surface area contributed by atoms with Crippen LogP contribution >= 0.6 is 15.9 Å². The van der Waals surface area contributed by atoms with E-state index in [1.54, 1.807) is 0 Å². The Morgan fingerprint density at radius 3 is 2.85 bits per heavy atom. The van der Waals surface area contributed by atoms with Crippen LogP contribution in [0.3, 0.4) is 0 Å². The van der Waals surface area contributed by atoms with Gasteiger partial charge in [0.1, 0.15) is 16.6 Å². The van der Waals surface area contributed by atoms with Crippen molar-refractivity contribution in [3.05, 3.63) is 27.9 Å². The SMILES string of the molecule is N=C(Br)c1cc([N+](=O)[O-])cnc1N. The molecule has 0 radical (unpaired) electrons. The Labute approximate surface area is 81.6 Å². The zero-order chi connectivity index (χ0) is 10.0. The topological polar surface area (TPSA) is 106 Å². The van der Waals surface area contributed by atoms with Gasteiger partial charge in [-0.15, -0.1) is 0 Å². The number of nitrogens with two attached hydrogens (primary N) is 1. The standard InChI is InChI=1S/C6H5BrN4O2/c7-5(8)4-1-3(11(12)13)2-10-6(4)9/h1-2,8H,(H2,9,10). The minimum atomic E-state index is -0.591. The van der Waals surface area contributed by atoms with Crippen LogP contribution in [0.25, 0.3) is 0 Å².